The smallest absolute Gasteiger partial charge is 0.268 e. The number of quaternary nitrogens is 1. The summed E-state index contributed by atoms with van der Waals surface area (Å²) in [6.45, 7) is 4.51. The van der Waals surface area contributed by atoms with E-state index in [-0.39, 0.29) is 19.1 Å². The van der Waals surface area contributed by atoms with E-state index in [4.69, 9.17) is 9.05 Å². The van der Waals surface area contributed by atoms with Gasteiger partial charge in [-0.25, -0.2) is 0 Å². The number of aliphatic hydroxyl groups excluding tert-OH is 1. The van der Waals surface area contributed by atoms with Crippen molar-refractivity contribution in [1.29, 1.82) is 0 Å². The lowest BCUT2D eigenvalue weighted by Gasteiger charge is -2.30. The molecule has 0 aliphatic carbocycles. The first-order valence-electron chi connectivity index (χ1n) is 20.5. The molecule has 0 saturated carbocycles. The Kier molecular flexibility index (Phi) is 33.2. The zero-order valence-electron chi connectivity index (χ0n) is 33.5. The average molecular weight is 739 g/mol. The molecule has 298 valence electrons. The fourth-order valence-corrected chi connectivity index (χ4v) is 6.28. The molecule has 0 aliphatic heterocycles. The first kappa shape index (κ1) is 49.5. The third kappa shape index (κ3) is 36.6. The topological polar surface area (TPSA) is 108 Å². The van der Waals surface area contributed by atoms with Gasteiger partial charge in [0, 0.05) is 6.42 Å². The predicted octanol–water partition coefficient (Wildman–Crippen LogP) is 10.3. The van der Waals surface area contributed by atoms with E-state index >= 15 is 0 Å². The normalized spacial score (nSPS) is 15.0. The standard InChI is InChI=1S/C42H79N2O6P/c1-6-8-10-12-14-15-16-17-18-19-20-21-22-23-24-25-26-27-28-29-30-32-34-36-42(46)43-40(41(45)35-33-31-13-11-9-7-2)39-50-51(47,48)49-38-37-44(3,4)5/h8,10,14-15,17-18,20-21,40-41,45H,6-7,9,11-13,16,19,22-39H2,1-5H3,(H-,43,46,47,48)/b10-8-,15-14-,18-17-,21-20-. The summed E-state index contributed by atoms with van der Waals surface area (Å²) in [4.78, 5) is 25.1. The van der Waals surface area contributed by atoms with E-state index in [0.29, 0.717) is 23.9 Å². The van der Waals surface area contributed by atoms with Crippen molar-refractivity contribution in [2.75, 3.05) is 40.9 Å². The van der Waals surface area contributed by atoms with Crippen molar-refractivity contribution in [2.45, 2.75) is 174 Å². The van der Waals surface area contributed by atoms with Crippen molar-refractivity contribution >= 4 is 13.7 Å². The maximum atomic E-state index is 12.8. The molecule has 0 rings (SSSR count). The monoisotopic (exact) mass is 739 g/mol. The van der Waals surface area contributed by atoms with Gasteiger partial charge in [-0.1, -0.05) is 152 Å². The highest BCUT2D eigenvalue weighted by Gasteiger charge is 2.24. The van der Waals surface area contributed by atoms with Gasteiger partial charge in [0.1, 0.15) is 13.2 Å². The number of aliphatic hydroxyl groups is 1. The number of carbonyl (C=O) groups excluding carboxylic acids is 1. The second kappa shape index (κ2) is 34.2. The molecule has 0 fully saturated rings. The van der Waals surface area contributed by atoms with Gasteiger partial charge in [0.2, 0.25) is 5.91 Å². The molecule has 51 heavy (non-hydrogen) atoms. The van der Waals surface area contributed by atoms with Crippen LogP contribution in [0.4, 0.5) is 0 Å². The van der Waals surface area contributed by atoms with Gasteiger partial charge < -0.3 is 28.8 Å². The predicted molar refractivity (Wildman–Crippen MR) is 214 cm³/mol. The minimum atomic E-state index is -4.55. The van der Waals surface area contributed by atoms with Crippen LogP contribution in [0.5, 0.6) is 0 Å². The Morgan fingerprint density at radius 1 is 0.706 bits per heavy atom. The summed E-state index contributed by atoms with van der Waals surface area (Å²) in [5.74, 6) is -0.178. The van der Waals surface area contributed by atoms with Crippen molar-refractivity contribution in [1.82, 2.24) is 5.32 Å². The minimum Gasteiger partial charge on any atom is -0.756 e. The first-order valence-corrected chi connectivity index (χ1v) is 21.9. The number of hydrogen-bond donors (Lipinski definition) is 2. The summed E-state index contributed by atoms with van der Waals surface area (Å²) in [5, 5.41) is 13.7. The van der Waals surface area contributed by atoms with Gasteiger partial charge in [-0.3, -0.25) is 9.36 Å². The molecular weight excluding hydrogens is 659 g/mol. The molecule has 1 amide bonds. The molecule has 0 aromatic heterocycles. The van der Waals surface area contributed by atoms with Crippen LogP contribution in [0.2, 0.25) is 0 Å². The summed E-state index contributed by atoms with van der Waals surface area (Å²) in [7, 11) is 1.29. The molecule has 0 aromatic carbocycles. The van der Waals surface area contributed by atoms with Crippen LogP contribution in [-0.4, -0.2) is 68.5 Å². The number of nitrogens with one attached hydrogen (secondary N) is 1. The number of carbonyl (C=O) groups is 1. The molecule has 0 aliphatic rings. The van der Waals surface area contributed by atoms with Crippen LogP contribution >= 0.6 is 7.82 Å². The minimum absolute atomic E-state index is 0.00880. The lowest BCUT2D eigenvalue weighted by Crippen LogP contribution is -2.46. The summed E-state index contributed by atoms with van der Waals surface area (Å²) < 4.78 is 23.1. The van der Waals surface area contributed by atoms with Gasteiger partial charge in [0.15, 0.2) is 0 Å². The molecule has 2 N–H and O–H groups in total. The number of hydrogen-bond acceptors (Lipinski definition) is 6. The van der Waals surface area contributed by atoms with Gasteiger partial charge in [0.25, 0.3) is 7.82 Å². The van der Waals surface area contributed by atoms with Gasteiger partial charge in [0.05, 0.1) is 39.9 Å². The molecule has 0 heterocycles. The molecule has 3 unspecified atom stereocenters. The second-order valence-electron chi connectivity index (χ2n) is 15.0. The van der Waals surface area contributed by atoms with Crippen LogP contribution < -0.4 is 10.2 Å². The Morgan fingerprint density at radius 3 is 1.75 bits per heavy atom. The highest BCUT2D eigenvalue weighted by Crippen LogP contribution is 2.38. The van der Waals surface area contributed by atoms with Crippen molar-refractivity contribution in [3.05, 3.63) is 48.6 Å². The molecule has 0 bridgehead atoms. The van der Waals surface area contributed by atoms with E-state index < -0.39 is 20.0 Å². The zero-order chi connectivity index (χ0) is 37.9. The van der Waals surface area contributed by atoms with E-state index in [1.807, 2.05) is 21.1 Å². The van der Waals surface area contributed by atoms with Crippen molar-refractivity contribution in [3.63, 3.8) is 0 Å². The highest BCUT2D eigenvalue weighted by molar-refractivity contribution is 7.45. The molecule has 8 nitrogen and oxygen atoms in total. The Morgan fingerprint density at radius 2 is 1.20 bits per heavy atom. The van der Waals surface area contributed by atoms with Crippen molar-refractivity contribution in [3.8, 4) is 0 Å². The van der Waals surface area contributed by atoms with Crippen LogP contribution in [0.1, 0.15) is 162 Å². The van der Waals surface area contributed by atoms with Crippen molar-refractivity contribution in [2.24, 2.45) is 0 Å². The average Bonchev–Trinajstić information content (AvgIpc) is 3.07. The zero-order valence-corrected chi connectivity index (χ0v) is 34.4. The fraction of sp³-hybridized carbons (Fsp3) is 0.786. The number of rotatable bonds is 36. The fourth-order valence-electron chi connectivity index (χ4n) is 5.56. The van der Waals surface area contributed by atoms with Crippen LogP contribution in [0.3, 0.4) is 0 Å². The molecule has 9 heteroatoms. The summed E-state index contributed by atoms with van der Waals surface area (Å²) in [6, 6.07) is -0.800. The summed E-state index contributed by atoms with van der Waals surface area (Å²) in [6.07, 6.45) is 41.4. The Balaban J connectivity index is 4.14. The van der Waals surface area contributed by atoms with Crippen LogP contribution in [0.15, 0.2) is 48.6 Å². The summed E-state index contributed by atoms with van der Waals surface area (Å²) in [5.41, 5.74) is 0. The van der Waals surface area contributed by atoms with E-state index in [2.05, 4.69) is 67.8 Å². The molecule has 3 atom stereocenters. The lowest BCUT2D eigenvalue weighted by atomic mass is 10.0. The highest BCUT2D eigenvalue weighted by atomic mass is 31.2. The molecule has 0 saturated heterocycles. The molecule has 0 spiro atoms. The second-order valence-corrected chi connectivity index (χ2v) is 16.4. The van der Waals surface area contributed by atoms with Gasteiger partial charge in [-0.15, -0.1) is 0 Å². The molecule has 0 aromatic rings. The Hall–Kier alpha value is -1.54. The van der Waals surface area contributed by atoms with E-state index in [0.717, 1.165) is 64.2 Å². The van der Waals surface area contributed by atoms with Gasteiger partial charge in [-0.2, -0.15) is 0 Å². The van der Waals surface area contributed by atoms with Crippen molar-refractivity contribution < 1.29 is 32.9 Å². The van der Waals surface area contributed by atoms with E-state index in [9.17, 15) is 19.4 Å². The largest absolute Gasteiger partial charge is 0.756 e. The number of amides is 1. The number of phosphoric acid groups is 1. The third-order valence-corrected chi connectivity index (χ3v) is 9.80. The van der Waals surface area contributed by atoms with E-state index in [1.54, 1.807) is 0 Å². The molecular formula is C42H79N2O6P. The number of phosphoric ester groups is 1. The number of unbranched alkanes of at least 4 members (excludes halogenated alkanes) is 15. The number of allylic oxidation sites excluding steroid dienone is 8. The number of likely N-dealkylation sites (N-methyl/N-ethyl adjacent to an activating group) is 1. The first-order chi connectivity index (χ1) is 24.5. The SMILES string of the molecule is CC/C=C\C/C=C\C/C=C\C/C=C\CCCCCCCCCCCCC(=O)NC(COP(=O)([O-])OCC[N+](C)(C)C)C(O)CCCCCCCC. The third-order valence-electron chi connectivity index (χ3n) is 8.83. The quantitative estimate of drug-likeness (QED) is 0.0287. The molecule has 0 radical (unpaired) electrons. The Bertz CT molecular complexity index is 975. The van der Waals surface area contributed by atoms with Gasteiger partial charge in [-0.05, 0) is 51.4 Å². The Labute approximate surface area is 314 Å². The van der Waals surface area contributed by atoms with Crippen LogP contribution in [0.25, 0.3) is 0 Å². The van der Waals surface area contributed by atoms with Gasteiger partial charge >= 0.3 is 0 Å². The number of nitrogens with zero attached hydrogens (tertiary/aromatic N) is 1. The maximum absolute atomic E-state index is 12.8. The van der Waals surface area contributed by atoms with E-state index in [1.165, 1.54) is 70.6 Å². The lowest BCUT2D eigenvalue weighted by molar-refractivity contribution is -0.870. The van der Waals surface area contributed by atoms with Crippen LogP contribution in [-0.2, 0) is 18.4 Å². The summed E-state index contributed by atoms with van der Waals surface area (Å²) >= 11 is 0. The maximum Gasteiger partial charge on any atom is 0.268 e. The van der Waals surface area contributed by atoms with Crippen LogP contribution in [0, 0.1) is 0 Å².